The molecule has 0 saturated heterocycles. The number of aromatic nitrogens is 1. The van der Waals surface area contributed by atoms with Crippen molar-refractivity contribution in [1.29, 1.82) is 0 Å². The third-order valence-corrected chi connectivity index (χ3v) is 2.77. The fourth-order valence-electron chi connectivity index (χ4n) is 1.79. The molecule has 0 spiro atoms. The van der Waals surface area contributed by atoms with Crippen LogP contribution in [0, 0.1) is 0 Å². The molecule has 2 nitrogen and oxygen atoms in total. The van der Waals surface area contributed by atoms with Crippen LogP contribution in [0.2, 0.25) is 0 Å². The third-order valence-electron chi connectivity index (χ3n) is 2.77. The van der Waals surface area contributed by atoms with Crippen molar-refractivity contribution in [2.24, 2.45) is 0 Å². The topological polar surface area (TPSA) is 24.9 Å². The van der Waals surface area contributed by atoms with Gasteiger partial charge in [-0.05, 0) is 31.5 Å². The van der Waals surface area contributed by atoms with Gasteiger partial charge in [0.05, 0.1) is 0 Å². The number of nitrogens with zero attached hydrogens (tertiary/aromatic N) is 1. The molecule has 1 heterocycles. The van der Waals surface area contributed by atoms with Crippen molar-refractivity contribution in [2.75, 3.05) is 7.05 Å². The van der Waals surface area contributed by atoms with Gasteiger partial charge in [-0.3, -0.25) is 4.98 Å². The van der Waals surface area contributed by atoms with Crippen LogP contribution in [0.5, 0.6) is 0 Å². The van der Waals surface area contributed by atoms with E-state index in [1.165, 1.54) is 31.2 Å². The number of rotatable bonds is 7. The fourth-order valence-corrected chi connectivity index (χ4v) is 1.79. The average molecular weight is 206 g/mol. The Morgan fingerprint density at radius 2 is 2.27 bits per heavy atom. The molecule has 1 rings (SSSR count). The highest BCUT2D eigenvalue weighted by Crippen LogP contribution is 2.08. The zero-order valence-corrected chi connectivity index (χ0v) is 9.87. The summed E-state index contributed by atoms with van der Waals surface area (Å²) in [5.74, 6) is 0. The van der Waals surface area contributed by atoms with Crippen molar-refractivity contribution < 1.29 is 0 Å². The van der Waals surface area contributed by atoms with Gasteiger partial charge in [0.25, 0.3) is 0 Å². The van der Waals surface area contributed by atoms with Crippen molar-refractivity contribution in [3.8, 4) is 0 Å². The SMILES string of the molecule is CCCCCC(Cc1cccnc1)NC. The molecule has 0 fully saturated rings. The summed E-state index contributed by atoms with van der Waals surface area (Å²) in [4.78, 5) is 4.14. The summed E-state index contributed by atoms with van der Waals surface area (Å²) >= 11 is 0. The highest BCUT2D eigenvalue weighted by Gasteiger charge is 2.06. The fraction of sp³-hybridized carbons (Fsp3) is 0.615. The van der Waals surface area contributed by atoms with E-state index in [4.69, 9.17) is 0 Å². The normalized spacial score (nSPS) is 12.7. The summed E-state index contributed by atoms with van der Waals surface area (Å²) in [5.41, 5.74) is 1.33. The second-order valence-corrected chi connectivity index (χ2v) is 4.05. The number of unbranched alkanes of at least 4 members (excludes halogenated alkanes) is 2. The quantitative estimate of drug-likeness (QED) is 0.694. The average Bonchev–Trinajstić information content (AvgIpc) is 2.29. The molecule has 1 aromatic rings. The summed E-state index contributed by atoms with van der Waals surface area (Å²) in [7, 11) is 2.05. The Morgan fingerprint density at radius 1 is 1.40 bits per heavy atom. The zero-order valence-electron chi connectivity index (χ0n) is 9.87. The van der Waals surface area contributed by atoms with E-state index in [0.717, 1.165) is 6.42 Å². The van der Waals surface area contributed by atoms with Gasteiger partial charge in [0, 0.05) is 18.4 Å². The lowest BCUT2D eigenvalue weighted by Crippen LogP contribution is -2.27. The molecule has 0 aliphatic carbocycles. The molecule has 1 N–H and O–H groups in total. The first-order valence-corrected chi connectivity index (χ1v) is 5.93. The first kappa shape index (κ1) is 12.2. The van der Waals surface area contributed by atoms with Crippen LogP contribution in [0.4, 0.5) is 0 Å². The van der Waals surface area contributed by atoms with Crippen LogP contribution in [0.25, 0.3) is 0 Å². The maximum Gasteiger partial charge on any atom is 0.0300 e. The van der Waals surface area contributed by atoms with Crippen molar-refractivity contribution in [1.82, 2.24) is 10.3 Å². The monoisotopic (exact) mass is 206 g/mol. The summed E-state index contributed by atoms with van der Waals surface area (Å²) in [6.07, 6.45) is 10.1. The maximum absolute atomic E-state index is 4.14. The highest BCUT2D eigenvalue weighted by molar-refractivity contribution is 5.10. The smallest absolute Gasteiger partial charge is 0.0300 e. The van der Waals surface area contributed by atoms with E-state index in [1.54, 1.807) is 0 Å². The molecule has 0 saturated carbocycles. The zero-order chi connectivity index (χ0) is 10.9. The van der Waals surface area contributed by atoms with Gasteiger partial charge in [-0.25, -0.2) is 0 Å². The number of likely N-dealkylation sites (N-methyl/N-ethyl adjacent to an activating group) is 1. The number of pyridine rings is 1. The van der Waals surface area contributed by atoms with Gasteiger partial charge < -0.3 is 5.32 Å². The lowest BCUT2D eigenvalue weighted by atomic mass is 10.0. The molecular weight excluding hydrogens is 184 g/mol. The minimum atomic E-state index is 0.598. The van der Waals surface area contributed by atoms with E-state index in [0.29, 0.717) is 6.04 Å². The summed E-state index contributed by atoms with van der Waals surface area (Å²) in [5, 5.41) is 3.38. The van der Waals surface area contributed by atoms with E-state index in [1.807, 2.05) is 25.5 Å². The lowest BCUT2D eigenvalue weighted by molar-refractivity contribution is 0.489. The molecule has 0 aromatic carbocycles. The van der Waals surface area contributed by atoms with Crippen molar-refractivity contribution in [2.45, 2.75) is 45.1 Å². The Morgan fingerprint density at radius 3 is 2.87 bits per heavy atom. The first-order valence-electron chi connectivity index (χ1n) is 5.93. The molecule has 1 unspecified atom stereocenters. The molecule has 1 atom stereocenters. The minimum absolute atomic E-state index is 0.598. The molecule has 0 amide bonds. The Kier molecular flexibility index (Phi) is 6.02. The Bertz CT molecular complexity index is 246. The van der Waals surface area contributed by atoms with Crippen molar-refractivity contribution in [3.05, 3.63) is 30.1 Å². The predicted molar refractivity (Wildman–Crippen MR) is 64.9 cm³/mol. The van der Waals surface area contributed by atoms with Gasteiger partial charge in [-0.1, -0.05) is 32.3 Å². The molecule has 1 aromatic heterocycles. The summed E-state index contributed by atoms with van der Waals surface area (Å²) in [6, 6.07) is 4.76. The second-order valence-electron chi connectivity index (χ2n) is 4.05. The van der Waals surface area contributed by atoms with E-state index >= 15 is 0 Å². The van der Waals surface area contributed by atoms with E-state index in [2.05, 4.69) is 23.3 Å². The Hall–Kier alpha value is -0.890. The first-order chi connectivity index (χ1) is 7.36. The van der Waals surface area contributed by atoms with E-state index in [9.17, 15) is 0 Å². The minimum Gasteiger partial charge on any atom is -0.317 e. The van der Waals surface area contributed by atoms with Crippen LogP contribution in [0.3, 0.4) is 0 Å². The van der Waals surface area contributed by atoms with Crippen LogP contribution in [0.1, 0.15) is 38.2 Å². The molecular formula is C13H22N2. The van der Waals surface area contributed by atoms with Gasteiger partial charge >= 0.3 is 0 Å². The number of hydrogen-bond donors (Lipinski definition) is 1. The van der Waals surface area contributed by atoms with Gasteiger partial charge in [-0.15, -0.1) is 0 Å². The highest BCUT2D eigenvalue weighted by atomic mass is 14.9. The molecule has 0 aliphatic rings. The number of nitrogens with one attached hydrogen (secondary N) is 1. The second kappa shape index (κ2) is 7.41. The van der Waals surface area contributed by atoms with Crippen molar-refractivity contribution >= 4 is 0 Å². The van der Waals surface area contributed by atoms with Crippen molar-refractivity contribution in [3.63, 3.8) is 0 Å². The van der Waals surface area contributed by atoms with Gasteiger partial charge in [0.15, 0.2) is 0 Å². The largest absolute Gasteiger partial charge is 0.317 e. The maximum atomic E-state index is 4.14. The molecule has 0 bridgehead atoms. The standard InChI is InChI=1S/C13H22N2/c1-3-4-5-8-13(14-2)10-12-7-6-9-15-11-12/h6-7,9,11,13-14H,3-5,8,10H2,1-2H3. The molecule has 0 radical (unpaired) electrons. The number of hydrogen-bond acceptors (Lipinski definition) is 2. The molecule has 0 aliphatic heterocycles. The Balaban J connectivity index is 2.33. The van der Waals surface area contributed by atoms with Gasteiger partial charge in [0.2, 0.25) is 0 Å². The van der Waals surface area contributed by atoms with Gasteiger partial charge in [-0.2, -0.15) is 0 Å². The molecule has 2 heteroatoms. The predicted octanol–water partition coefficient (Wildman–Crippen LogP) is 2.79. The summed E-state index contributed by atoms with van der Waals surface area (Å²) in [6.45, 7) is 2.25. The van der Waals surface area contributed by atoms with Crippen LogP contribution in [-0.2, 0) is 6.42 Å². The van der Waals surface area contributed by atoms with Crippen LogP contribution >= 0.6 is 0 Å². The molecule has 84 valence electrons. The Labute approximate surface area is 93.1 Å². The van der Waals surface area contributed by atoms with Crippen LogP contribution in [0.15, 0.2) is 24.5 Å². The summed E-state index contributed by atoms with van der Waals surface area (Å²) < 4.78 is 0. The third kappa shape index (κ3) is 4.93. The van der Waals surface area contributed by atoms with E-state index in [-0.39, 0.29) is 0 Å². The molecule has 15 heavy (non-hydrogen) atoms. The van der Waals surface area contributed by atoms with E-state index < -0.39 is 0 Å². The van der Waals surface area contributed by atoms with Crippen LogP contribution < -0.4 is 5.32 Å². The van der Waals surface area contributed by atoms with Crippen LogP contribution in [-0.4, -0.2) is 18.1 Å². The van der Waals surface area contributed by atoms with Gasteiger partial charge in [0.1, 0.15) is 0 Å². The lowest BCUT2D eigenvalue weighted by Gasteiger charge is -2.15.